The second kappa shape index (κ2) is 11.6. The van der Waals surface area contributed by atoms with E-state index < -0.39 is 82.1 Å². The van der Waals surface area contributed by atoms with Crippen molar-refractivity contribution < 1.29 is 50.2 Å². The maximum Gasteiger partial charge on any atom is 0.419 e. The molecule has 4 N–H and O–H groups in total. The smallest absolute Gasteiger partial charge is 0.419 e. The van der Waals surface area contributed by atoms with Crippen LogP contribution in [0.25, 0.3) is 22.4 Å². The van der Waals surface area contributed by atoms with Gasteiger partial charge in [0, 0.05) is 28.7 Å². The van der Waals surface area contributed by atoms with Crippen LogP contribution in [0.2, 0.25) is 0 Å². The summed E-state index contributed by atoms with van der Waals surface area (Å²) in [6.45, 7) is 0.205. The number of aliphatic hydroxyl groups is 1. The van der Waals surface area contributed by atoms with Gasteiger partial charge < -0.3 is 25.3 Å². The average molecular weight is 697 g/mol. The van der Waals surface area contributed by atoms with Crippen LogP contribution in [-0.2, 0) is 22.0 Å². The minimum atomic E-state index is -5.24. The van der Waals surface area contributed by atoms with Gasteiger partial charge in [-0.25, -0.2) is 23.1 Å². The number of alkyl halides is 3. The molecule has 1 aliphatic heterocycles. The Morgan fingerprint density at radius 3 is 2.46 bits per heavy atom. The number of pyridine rings is 1. The fourth-order valence-corrected chi connectivity index (χ4v) is 5.91. The fourth-order valence-electron chi connectivity index (χ4n) is 5.91. The summed E-state index contributed by atoms with van der Waals surface area (Å²) in [6.07, 6.45) is -3.35. The highest BCUT2D eigenvalue weighted by Gasteiger charge is 2.47. The Hall–Kier alpha value is -5.44. The second-order valence-corrected chi connectivity index (χ2v) is 12.6. The molecule has 50 heavy (non-hydrogen) atoms. The molecule has 258 valence electrons. The second-order valence-electron chi connectivity index (χ2n) is 12.6. The number of benzene rings is 3. The maximum atomic E-state index is 15.4. The van der Waals surface area contributed by atoms with Crippen LogP contribution in [0.3, 0.4) is 0 Å². The first kappa shape index (κ1) is 33.1. The molecule has 3 heterocycles. The van der Waals surface area contributed by atoms with Crippen LogP contribution in [-0.4, -0.2) is 40.0 Å². The molecule has 0 bridgehead atoms. The number of hydrogen-bond donors (Lipinski definition) is 3. The van der Waals surface area contributed by atoms with E-state index in [1.165, 1.54) is 37.3 Å². The van der Waals surface area contributed by atoms with Crippen molar-refractivity contribution in [3.63, 3.8) is 0 Å². The Bertz CT molecular complexity index is 2220. The molecule has 2 atom stereocenters. The van der Waals surface area contributed by atoms with Crippen molar-refractivity contribution in [2.45, 2.75) is 42.9 Å². The van der Waals surface area contributed by atoms with Crippen molar-refractivity contribution in [2.75, 3.05) is 13.2 Å². The topological polar surface area (TPSA) is 141 Å². The van der Waals surface area contributed by atoms with E-state index in [0.29, 0.717) is 17.0 Å². The lowest BCUT2D eigenvalue weighted by Gasteiger charge is -2.30. The van der Waals surface area contributed by atoms with E-state index in [0.717, 1.165) is 25.0 Å². The molecule has 5 aromatic rings. The largest absolute Gasteiger partial charge is 0.489 e. The number of nitrogens with one attached hydrogen (secondary N) is 1. The normalized spacial score (nSPS) is 18.4. The number of halogens is 6. The van der Waals surface area contributed by atoms with E-state index in [2.05, 4.69) is 15.3 Å². The Morgan fingerprint density at radius 2 is 1.78 bits per heavy atom. The van der Waals surface area contributed by atoms with Gasteiger partial charge in [-0.15, -0.1) is 0 Å². The van der Waals surface area contributed by atoms with E-state index >= 15 is 4.39 Å². The van der Waals surface area contributed by atoms with Crippen LogP contribution in [0.5, 0.6) is 5.75 Å². The van der Waals surface area contributed by atoms with Gasteiger partial charge >= 0.3 is 6.18 Å². The maximum absolute atomic E-state index is 15.4. The third-order valence-electron chi connectivity index (χ3n) is 9.06. The highest BCUT2D eigenvalue weighted by atomic mass is 19.4. The number of rotatable bonds is 8. The number of aromatic nitrogens is 2. The molecular formula is C35H26F6N4O5. The number of fused-ring (bicyclic) bond motifs is 2. The lowest BCUT2D eigenvalue weighted by molar-refractivity contribution is -0.140. The summed E-state index contributed by atoms with van der Waals surface area (Å²) in [5.74, 6) is -5.37. The van der Waals surface area contributed by atoms with Gasteiger partial charge in [0.25, 0.3) is 5.91 Å². The SMILES string of the molecule is C[C@]1(C(N)=O)COc2c1cc([C@@](O)(CNC(=O)c1ccc3nc(C4CC4)oc3c1)c1cccc(F)c1)nc2-c1cc(C(F)(F)F)c(F)cc1F. The van der Waals surface area contributed by atoms with E-state index in [1.807, 2.05) is 0 Å². The molecular weight excluding hydrogens is 670 g/mol. The quantitative estimate of drug-likeness (QED) is 0.169. The highest BCUT2D eigenvalue weighted by Crippen LogP contribution is 2.48. The Kier molecular flexibility index (Phi) is 7.66. The molecule has 9 nitrogen and oxygen atoms in total. The summed E-state index contributed by atoms with van der Waals surface area (Å²) in [5.41, 5.74) is -1.47. The average Bonchev–Trinajstić information content (AvgIpc) is 3.73. The number of nitrogens with two attached hydrogens (primary N) is 1. The Balaban J connectivity index is 1.36. The molecule has 0 radical (unpaired) electrons. The van der Waals surface area contributed by atoms with E-state index in [1.54, 1.807) is 6.07 Å². The van der Waals surface area contributed by atoms with Crippen molar-refractivity contribution in [3.05, 3.63) is 112 Å². The number of oxazole rings is 1. The van der Waals surface area contributed by atoms with Crippen LogP contribution >= 0.6 is 0 Å². The number of nitrogens with zero attached hydrogens (tertiary/aromatic N) is 2. The van der Waals surface area contributed by atoms with Crippen LogP contribution in [0.4, 0.5) is 26.3 Å². The van der Waals surface area contributed by atoms with Crippen molar-refractivity contribution >= 4 is 22.9 Å². The zero-order valence-electron chi connectivity index (χ0n) is 26.0. The lowest BCUT2D eigenvalue weighted by atomic mass is 9.80. The number of carbonyl (C=O) groups excluding carboxylic acids is 2. The third-order valence-corrected chi connectivity index (χ3v) is 9.06. The molecule has 1 saturated carbocycles. The summed E-state index contributed by atoms with van der Waals surface area (Å²) in [6, 6.07) is 10.5. The minimum Gasteiger partial charge on any atom is -0.489 e. The van der Waals surface area contributed by atoms with Crippen molar-refractivity contribution in [1.29, 1.82) is 0 Å². The molecule has 0 spiro atoms. The molecule has 2 aromatic heterocycles. The van der Waals surface area contributed by atoms with Crippen molar-refractivity contribution in [2.24, 2.45) is 5.73 Å². The van der Waals surface area contributed by atoms with Crippen LogP contribution in [0, 0.1) is 17.5 Å². The van der Waals surface area contributed by atoms with E-state index in [9.17, 15) is 36.6 Å². The number of ether oxygens (including phenoxy) is 1. The minimum absolute atomic E-state index is 0.0269. The van der Waals surface area contributed by atoms with Gasteiger partial charge in [0.2, 0.25) is 5.91 Å². The molecule has 2 aliphatic rings. The van der Waals surface area contributed by atoms with E-state index in [4.69, 9.17) is 14.9 Å². The zero-order chi connectivity index (χ0) is 35.7. The first-order valence-corrected chi connectivity index (χ1v) is 15.3. The van der Waals surface area contributed by atoms with Crippen molar-refractivity contribution in [3.8, 4) is 17.0 Å². The standard InChI is InChI=1S/C35H26F6N4O5/c1-33(32(42)47)15-49-29-22(33)12-27(45-28(29)20-11-21(35(39,40)41)24(38)13-23(20)37)34(48,18-3-2-4-19(36)10-18)14-43-30(46)17-7-8-25-26(9-17)50-31(44-25)16-5-6-16/h2-4,7-13,16,48H,5-6,14-15H2,1H3,(H2,42,47)(H,43,46)/t33-,34+/m0/s1. The summed E-state index contributed by atoms with van der Waals surface area (Å²) < 4.78 is 97.0. The van der Waals surface area contributed by atoms with Gasteiger partial charge in [0.1, 0.15) is 52.0 Å². The van der Waals surface area contributed by atoms with E-state index in [-0.39, 0.29) is 40.5 Å². The first-order chi connectivity index (χ1) is 23.6. The summed E-state index contributed by atoms with van der Waals surface area (Å²) in [7, 11) is 0. The lowest BCUT2D eigenvalue weighted by Crippen LogP contribution is -2.43. The molecule has 7 rings (SSSR count). The number of amides is 2. The van der Waals surface area contributed by atoms with Gasteiger partial charge in [0.05, 0.1) is 17.8 Å². The number of carbonyl (C=O) groups is 2. The molecule has 2 amide bonds. The van der Waals surface area contributed by atoms with Crippen molar-refractivity contribution in [1.82, 2.24) is 15.3 Å². The molecule has 1 aliphatic carbocycles. The van der Waals surface area contributed by atoms with Gasteiger partial charge in [-0.05, 0) is 67.8 Å². The van der Waals surface area contributed by atoms with Gasteiger partial charge in [-0.1, -0.05) is 12.1 Å². The zero-order valence-corrected chi connectivity index (χ0v) is 26.0. The number of primary amides is 1. The highest BCUT2D eigenvalue weighted by molar-refractivity contribution is 5.97. The molecule has 0 saturated heterocycles. The van der Waals surface area contributed by atoms with Gasteiger partial charge in [-0.2, -0.15) is 13.2 Å². The predicted octanol–water partition coefficient (Wildman–Crippen LogP) is 6.00. The van der Waals surface area contributed by atoms with Crippen LogP contribution in [0.1, 0.15) is 64.3 Å². The molecule has 15 heteroatoms. The van der Waals surface area contributed by atoms with Crippen LogP contribution < -0.4 is 15.8 Å². The van der Waals surface area contributed by atoms with Crippen LogP contribution in [0.15, 0.2) is 65.1 Å². The van der Waals surface area contributed by atoms with Gasteiger partial charge in [-0.3, -0.25) is 9.59 Å². The molecule has 0 unspecified atom stereocenters. The van der Waals surface area contributed by atoms with Gasteiger partial charge in [0.15, 0.2) is 11.5 Å². The molecule has 3 aromatic carbocycles. The summed E-state index contributed by atoms with van der Waals surface area (Å²) in [5, 5.41) is 14.9. The summed E-state index contributed by atoms with van der Waals surface area (Å²) >= 11 is 0. The molecule has 1 fully saturated rings. The fraction of sp³-hybridized carbons (Fsp3) is 0.257. The number of hydrogen-bond acceptors (Lipinski definition) is 7. The predicted molar refractivity (Wildman–Crippen MR) is 164 cm³/mol. The third kappa shape index (κ3) is 5.60. The monoisotopic (exact) mass is 696 g/mol. The summed E-state index contributed by atoms with van der Waals surface area (Å²) in [4.78, 5) is 34.8. The first-order valence-electron chi connectivity index (χ1n) is 15.3. The Morgan fingerprint density at radius 1 is 1.02 bits per heavy atom. The Labute approximate surface area is 279 Å².